The highest BCUT2D eigenvalue weighted by Gasteiger charge is 2.09. The fourth-order valence-electron chi connectivity index (χ4n) is 1.56. The van der Waals surface area contributed by atoms with Crippen molar-refractivity contribution in [2.75, 3.05) is 20.6 Å². The highest BCUT2D eigenvalue weighted by atomic mass is 35.5. The highest BCUT2D eigenvalue weighted by Crippen LogP contribution is 2.21. The number of hydrogen-bond donors (Lipinski definition) is 1. The molecule has 0 fully saturated rings. The summed E-state index contributed by atoms with van der Waals surface area (Å²) in [7, 11) is 3.53. The maximum Gasteiger partial charge on any atom is 0.223 e. The second kappa shape index (κ2) is 6.62. The number of amides is 1. The van der Waals surface area contributed by atoms with Gasteiger partial charge in [0, 0.05) is 38.1 Å². The molecule has 0 aliphatic heterocycles. The third-order valence-electron chi connectivity index (χ3n) is 2.66. The molecule has 1 N–H and O–H groups in total. The van der Waals surface area contributed by atoms with E-state index in [0.29, 0.717) is 13.0 Å². The Hall–Kier alpha value is -1.06. The third-order valence-corrected chi connectivity index (χ3v) is 3.00. The van der Waals surface area contributed by atoms with Gasteiger partial charge in [0.05, 0.1) is 0 Å². The molecule has 1 aromatic rings. The molecule has 1 aromatic carbocycles. The zero-order chi connectivity index (χ0) is 12.8. The Bertz CT molecular complexity index is 379. The zero-order valence-corrected chi connectivity index (χ0v) is 11.3. The van der Waals surface area contributed by atoms with E-state index in [1.807, 2.05) is 31.2 Å². The predicted octanol–water partition coefficient (Wildman–Crippen LogP) is 2.47. The average Bonchev–Trinajstić information content (AvgIpc) is 2.29. The molecule has 0 aliphatic rings. The van der Waals surface area contributed by atoms with Crippen molar-refractivity contribution in [3.8, 4) is 0 Å². The Kier molecular flexibility index (Phi) is 5.45. The molecule has 0 saturated carbocycles. The van der Waals surface area contributed by atoms with E-state index in [1.165, 1.54) is 0 Å². The monoisotopic (exact) mass is 254 g/mol. The number of carbonyl (C=O) groups is 1. The topological polar surface area (TPSA) is 32.3 Å². The van der Waals surface area contributed by atoms with Gasteiger partial charge >= 0.3 is 0 Å². The Labute approximate surface area is 108 Å². The van der Waals surface area contributed by atoms with E-state index in [4.69, 9.17) is 11.6 Å². The van der Waals surface area contributed by atoms with E-state index < -0.39 is 0 Å². The highest BCUT2D eigenvalue weighted by molar-refractivity contribution is 6.31. The van der Waals surface area contributed by atoms with Crippen LogP contribution in [-0.2, 0) is 4.79 Å². The minimum absolute atomic E-state index is 0.129. The first-order valence-corrected chi connectivity index (χ1v) is 6.08. The summed E-state index contributed by atoms with van der Waals surface area (Å²) in [4.78, 5) is 13.0. The van der Waals surface area contributed by atoms with Crippen LogP contribution in [0.5, 0.6) is 0 Å². The Morgan fingerprint density at radius 3 is 2.65 bits per heavy atom. The van der Waals surface area contributed by atoms with Gasteiger partial charge in [-0.15, -0.1) is 0 Å². The van der Waals surface area contributed by atoms with Crippen molar-refractivity contribution in [2.45, 2.75) is 19.4 Å². The van der Waals surface area contributed by atoms with Gasteiger partial charge in [0.2, 0.25) is 5.91 Å². The first-order chi connectivity index (χ1) is 8.02. The summed E-state index contributed by atoms with van der Waals surface area (Å²) in [6.07, 6.45) is 0.502. The SMILES string of the molecule is C[C@@H](NCCC(=O)N(C)C)c1ccccc1Cl. The number of hydrogen-bond acceptors (Lipinski definition) is 2. The summed E-state index contributed by atoms with van der Waals surface area (Å²) < 4.78 is 0. The lowest BCUT2D eigenvalue weighted by Gasteiger charge is -2.16. The summed E-state index contributed by atoms with van der Waals surface area (Å²) in [6, 6.07) is 7.89. The number of carbonyl (C=O) groups excluding carboxylic acids is 1. The summed E-state index contributed by atoms with van der Waals surface area (Å²) in [6.45, 7) is 2.70. The Morgan fingerprint density at radius 2 is 2.06 bits per heavy atom. The average molecular weight is 255 g/mol. The molecule has 1 rings (SSSR count). The first kappa shape index (κ1) is 14.0. The fraction of sp³-hybridized carbons (Fsp3) is 0.462. The second-order valence-corrected chi connectivity index (χ2v) is 4.64. The van der Waals surface area contributed by atoms with Crippen LogP contribution in [0.25, 0.3) is 0 Å². The molecule has 94 valence electrons. The van der Waals surface area contributed by atoms with Crippen LogP contribution in [0.3, 0.4) is 0 Å². The lowest BCUT2D eigenvalue weighted by molar-refractivity contribution is -0.128. The van der Waals surface area contributed by atoms with Gasteiger partial charge in [0.1, 0.15) is 0 Å². The number of benzene rings is 1. The second-order valence-electron chi connectivity index (χ2n) is 4.24. The summed E-state index contributed by atoms with van der Waals surface area (Å²) in [5.41, 5.74) is 1.06. The van der Waals surface area contributed by atoms with Crippen molar-refractivity contribution in [1.29, 1.82) is 0 Å². The first-order valence-electron chi connectivity index (χ1n) is 5.70. The van der Waals surface area contributed by atoms with Crippen LogP contribution in [-0.4, -0.2) is 31.4 Å². The number of nitrogens with one attached hydrogen (secondary N) is 1. The molecule has 3 nitrogen and oxygen atoms in total. The van der Waals surface area contributed by atoms with Gasteiger partial charge in [-0.25, -0.2) is 0 Å². The molecule has 0 bridgehead atoms. The molecular weight excluding hydrogens is 236 g/mol. The largest absolute Gasteiger partial charge is 0.349 e. The van der Waals surface area contributed by atoms with Gasteiger partial charge in [-0.2, -0.15) is 0 Å². The van der Waals surface area contributed by atoms with Gasteiger partial charge in [-0.1, -0.05) is 29.8 Å². The van der Waals surface area contributed by atoms with Gasteiger partial charge in [0.25, 0.3) is 0 Å². The maximum atomic E-state index is 11.4. The summed E-state index contributed by atoms with van der Waals surface area (Å²) in [5.74, 6) is 0.129. The van der Waals surface area contributed by atoms with Crippen LogP contribution in [0.15, 0.2) is 24.3 Å². The normalized spacial score (nSPS) is 12.2. The van der Waals surface area contributed by atoms with E-state index in [9.17, 15) is 4.79 Å². The van der Waals surface area contributed by atoms with E-state index in [1.54, 1.807) is 19.0 Å². The van der Waals surface area contributed by atoms with Crippen LogP contribution in [0.4, 0.5) is 0 Å². The summed E-state index contributed by atoms with van der Waals surface area (Å²) >= 11 is 6.10. The molecule has 0 spiro atoms. The lowest BCUT2D eigenvalue weighted by Crippen LogP contribution is -2.28. The van der Waals surface area contributed by atoms with Crippen LogP contribution >= 0.6 is 11.6 Å². The minimum atomic E-state index is 0.129. The van der Waals surface area contributed by atoms with Crippen LogP contribution < -0.4 is 5.32 Å². The van der Waals surface area contributed by atoms with Crippen molar-refractivity contribution >= 4 is 17.5 Å². The smallest absolute Gasteiger partial charge is 0.223 e. The van der Waals surface area contributed by atoms with Crippen molar-refractivity contribution in [1.82, 2.24) is 10.2 Å². The number of rotatable bonds is 5. The van der Waals surface area contributed by atoms with Gasteiger partial charge < -0.3 is 10.2 Å². The number of halogens is 1. The van der Waals surface area contributed by atoms with E-state index in [0.717, 1.165) is 10.6 Å². The van der Waals surface area contributed by atoms with Crippen LogP contribution in [0.2, 0.25) is 5.02 Å². The van der Waals surface area contributed by atoms with Gasteiger partial charge in [0.15, 0.2) is 0 Å². The Balaban J connectivity index is 2.43. The lowest BCUT2D eigenvalue weighted by atomic mass is 10.1. The van der Waals surface area contributed by atoms with Crippen molar-refractivity contribution in [2.24, 2.45) is 0 Å². The van der Waals surface area contributed by atoms with E-state index >= 15 is 0 Å². The Morgan fingerprint density at radius 1 is 1.41 bits per heavy atom. The number of nitrogens with zero attached hydrogens (tertiary/aromatic N) is 1. The molecular formula is C13H19ClN2O. The van der Waals surface area contributed by atoms with Crippen molar-refractivity contribution in [3.63, 3.8) is 0 Å². The molecule has 0 aliphatic carbocycles. The standard InChI is InChI=1S/C13H19ClN2O/c1-10(11-6-4-5-7-12(11)14)15-9-8-13(17)16(2)3/h4-7,10,15H,8-9H2,1-3H3/t10-/m1/s1. The zero-order valence-electron chi connectivity index (χ0n) is 10.5. The molecule has 0 unspecified atom stereocenters. The van der Waals surface area contributed by atoms with Crippen molar-refractivity contribution in [3.05, 3.63) is 34.9 Å². The van der Waals surface area contributed by atoms with E-state index in [-0.39, 0.29) is 11.9 Å². The molecule has 4 heteroatoms. The molecule has 1 amide bonds. The molecule has 0 saturated heterocycles. The third kappa shape index (κ3) is 4.36. The molecule has 17 heavy (non-hydrogen) atoms. The molecule has 0 radical (unpaired) electrons. The molecule has 0 heterocycles. The van der Waals surface area contributed by atoms with Crippen LogP contribution in [0, 0.1) is 0 Å². The maximum absolute atomic E-state index is 11.4. The van der Waals surface area contributed by atoms with Gasteiger partial charge in [-0.05, 0) is 18.6 Å². The minimum Gasteiger partial charge on any atom is -0.349 e. The van der Waals surface area contributed by atoms with E-state index in [2.05, 4.69) is 5.32 Å². The predicted molar refractivity (Wildman–Crippen MR) is 71.2 cm³/mol. The summed E-state index contributed by atoms with van der Waals surface area (Å²) in [5, 5.41) is 4.05. The fourth-order valence-corrected chi connectivity index (χ4v) is 1.85. The molecule has 0 aromatic heterocycles. The quantitative estimate of drug-likeness (QED) is 0.876. The van der Waals surface area contributed by atoms with Gasteiger partial charge in [-0.3, -0.25) is 4.79 Å². The van der Waals surface area contributed by atoms with Crippen LogP contribution in [0.1, 0.15) is 24.9 Å². The molecule has 1 atom stereocenters. The van der Waals surface area contributed by atoms with Crippen molar-refractivity contribution < 1.29 is 4.79 Å².